The first kappa shape index (κ1) is 12.1. The van der Waals surface area contributed by atoms with Crippen LogP contribution in [0.15, 0.2) is 36.1 Å². The van der Waals surface area contributed by atoms with Gasteiger partial charge in [-0.1, -0.05) is 25.5 Å². The molecule has 0 unspecified atom stereocenters. The molecule has 0 heterocycles. The van der Waals surface area contributed by atoms with Crippen LogP contribution >= 0.6 is 0 Å². The summed E-state index contributed by atoms with van der Waals surface area (Å²) in [6.07, 6.45) is 2.33. The molecule has 2 N–H and O–H groups in total. The SMILES string of the molecule is CCCC(=COc1ccccc1O)C(=O)O. The maximum atomic E-state index is 10.8. The minimum absolute atomic E-state index is 0.0139. The predicted molar refractivity (Wildman–Crippen MR) is 59.4 cm³/mol. The monoisotopic (exact) mass is 222 g/mol. The number of carbonyl (C=O) groups is 1. The minimum atomic E-state index is -1.00. The fourth-order valence-electron chi connectivity index (χ4n) is 1.18. The Kier molecular flexibility index (Phi) is 4.39. The third-order valence-electron chi connectivity index (χ3n) is 1.99. The van der Waals surface area contributed by atoms with Crippen LogP contribution in [0.2, 0.25) is 0 Å². The van der Waals surface area contributed by atoms with E-state index in [0.717, 1.165) is 6.42 Å². The van der Waals surface area contributed by atoms with Crippen molar-refractivity contribution in [1.29, 1.82) is 0 Å². The molecule has 4 heteroatoms. The molecule has 0 atom stereocenters. The number of carboxylic acids is 1. The van der Waals surface area contributed by atoms with Crippen LogP contribution in [0.5, 0.6) is 11.5 Å². The number of benzene rings is 1. The molecule has 1 rings (SSSR count). The molecule has 0 saturated carbocycles. The Hall–Kier alpha value is -1.97. The number of aliphatic carboxylic acids is 1. The van der Waals surface area contributed by atoms with Crippen LogP contribution in [0, 0.1) is 0 Å². The van der Waals surface area contributed by atoms with Crippen molar-refractivity contribution < 1.29 is 19.7 Å². The number of aromatic hydroxyl groups is 1. The standard InChI is InChI=1S/C12H14O4/c1-2-5-9(12(14)15)8-16-11-7-4-3-6-10(11)13/h3-4,6-8,13H,2,5H2,1H3,(H,14,15). The number of hydrogen-bond donors (Lipinski definition) is 2. The van der Waals surface area contributed by atoms with Crippen LogP contribution in [0.4, 0.5) is 0 Å². The van der Waals surface area contributed by atoms with Gasteiger partial charge in [0.1, 0.15) is 6.26 Å². The first-order valence-corrected chi connectivity index (χ1v) is 5.02. The summed E-state index contributed by atoms with van der Waals surface area (Å²) in [5.41, 5.74) is 0.186. The van der Waals surface area contributed by atoms with Gasteiger partial charge in [0.25, 0.3) is 0 Å². The summed E-state index contributed by atoms with van der Waals surface area (Å²) in [5.74, 6) is -0.769. The highest BCUT2D eigenvalue weighted by molar-refractivity contribution is 5.86. The Morgan fingerprint density at radius 1 is 1.44 bits per heavy atom. The second-order valence-corrected chi connectivity index (χ2v) is 3.28. The molecule has 1 aromatic rings. The van der Waals surface area contributed by atoms with E-state index in [1.165, 1.54) is 12.3 Å². The maximum Gasteiger partial charge on any atom is 0.334 e. The van der Waals surface area contributed by atoms with Gasteiger partial charge < -0.3 is 14.9 Å². The zero-order chi connectivity index (χ0) is 12.0. The van der Waals surface area contributed by atoms with Gasteiger partial charge in [0.05, 0.1) is 5.57 Å². The third kappa shape index (κ3) is 3.31. The summed E-state index contributed by atoms with van der Waals surface area (Å²) in [4.78, 5) is 10.8. The first-order chi connectivity index (χ1) is 7.65. The number of phenolic OH excluding ortho intramolecular Hbond substituents is 1. The molecule has 0 radical (unpaired) electrons. The van der Waals surface area contributed by atoms with Gasteiger partial charge in [0, 0.05) is 0 Å². The van der Waals surface area contributed by atoms with Crippen LogP contribution in [0.3, 0.4) is 0 Å². The lowest BCUT2D eigenvalue weighted by atomic mass is 10.2. The fraction of sp³-hybridized carbons (Fsp3) is 0.250. The van der Waals surface area contributed by atoms with Gasteiger partial charge in [-0.05, 0) is 18.6 Å². The molecule has 0 aliphatic heterocycles. The maximum absolute atomic E-state index is 10.8. The molecular weight excluding hydrogens is 208 g/mol. The smallest absolute Gasteiger partial charge is 0.334 e. The quantitative estimate of drug-likeness (QED) is 0.593. The van der Waals surface area contributed by atoms with E-state index < -0.39 is 5.97 Å². The van der Waals surface area contributed by atoms with Crippen molar-refractivity contribution in [1.82, 2.24) is 0 Å². The molecular formula is C12H14O4. The number of rotatable bonds is 5. The summed E-state index contributed by atoms with van der Waals surface area (Å²) in [6, 6.07) is 6.40. The fourth-order valence-corrected chi connectivity index (χ4v) is 1.18. The van der Waals surface area contributed by atoms with Crippen molar-refractivity contribution in [3.63, 3.8) is 0 Å². The summed E-state index contributed by atoms with van der Waals surface area (Å²) in [5, 5.41) is 18.2. The van der Waals surface area contributed by atoms with Gasteiger partial charge in [-0.3, -0.25) is 0 Å². The van der Waals surface area contributed by atoms with Crippen molar-refractivity contribution in [2.24, 2.45) is 0 Å². The van der Waals surface area contributed by atoms with E-state index in [9.17, 15) is 9.90 Å². The summed E-state index contributed by atoms with van der Waals surface area (Å²) < 4.78 is 5.12. The Morgan fingerprint density at radius 3 is 2.69 bits per heavy atom. The van der Waals surface area contributed by atoms with Gasteiger partial charge >= 0.3 is 5.97 Å². The zero-order valence-corrected chi connectivity index (χ0v) is 9.01. The lowest BCUT2D eigenvalue weighted by Gasteiger charge is -2.04. The number of carboxylic acid groups (broad SMARTS) is 1. The average molecular weight is 222 g/mol. The minimum Gasteiger partial charge on any atom is -0.504 e. The van der Waals surface area contributed by atoms with E-state index in [2.05, 4.69) is 0 Å². The summed E-state index contributed by atoms with van der Waals surface area (Å²) in [7, 11) is 0. The van der Waals surface area contributed by atoms with Crippen molar-refractivity contribution in [2.45, 2.75) is 19.8 Å². The van der Waals surface area contributed by atoms with Crippen LogP contribution in [0.1, 0.15) is 19.8 Å². The highest BCUT2D eigenvalue weighted by Gasteiger charge is 2.07. The van der Waals surface area contributed by atoms with Crippen LogP contribution in [-0.4, -0.2) is 16.2 Å². The van der Waals surface area contributed by atoms with Gasteiger partial charge in [-0.2, -0.15) is 0 Å². The normalized spacial score (nSPS) is 11.2. The van der Waals surface area contributed by atoms with Gasteiger partial charge in [0.2, 0.25) is 0 Å². The first-order valence-electron chi connectivity index (χ1n) is 5.02. The van der Waals surface area contributed by atoms with Gasteiger partial charge in [-0.25, -0.2) is 4.79 Å². The Balaban J connectivity index is 2.77. The lowest BCUT2D eigenvalue weighted by molar-refractivity contribution is -0.132. The molecule has 0 spiro atoms. The van der Waals surface area contributed by atoms with Crippen molar-refractivity contribution in [3.05, 3.63) is 36.1 Å². The Morgan fingerprint density at radius 2 is 2.12 bits per heavy atom. The van der Waals surface area contributed by atoms with E-state index in [-0.39, 0.29) is 17.1 Å². The van der Waals surface area contributed by atoms with Crippen LogP contribution in [-0.2, 0) is 4.79 Å². The summed E-state index contributed by atoms with van der Waals surface area (Å²) in [6.45, 7) is 1.89. The van der Waals surface area contributed by atoms with Crippen molar-refractivity contribution in [3.8, 4) is 11.5 Å². The average Bonchev–Trinajstić information content (AvgIpc) is 2.26. The molecule has 0 aliphatic carbocycles. The van der Waals surface area contributed by atoms with E-state index >= 15 is 0 Å². The highest BCUT2D eigenvalue weighted by atomic mass is 16.5. The Bertz CT molecular complexity index is 396. The highest BCUT2D eigenvalue weighted by Crippen LogP contribution is 2.25. The largest absolute Gasteiger partial charge is 0.504 e. The van der Waals surface area contributed by atoms with Crippen molar-refractivity contribution >= 4 is 5.97 Å². The van der Waals surface area contributed by atoms with E-state index in [0.29, 0.717) is 6.42 Å². The number of phenols is 1. The Labute approximate surface area is 93.8 Å². The lowest BCUT2D eigenvalue weighted by Crippen LogP contribution is -2.02. The van der Waals surface area contributed by atoms with E-state index in [1.807, 2.05) is 6.92 Å². The molecule has 1 aromatic carbocycles. The van der Waals surface area contributed by atoms with E-state index in [1.54, 1.807) is 18.2 Å². The zero-order valence-electron chi connectivity index (χ0n) is 9.01. The molecule has 86 valence electrons. The topological polar surface area (TPSA) is 66.8 Å². The number of ether oxygens (including phenoxy) is 1. The van der Waals surface area contributed by atoms with Crippen LogP contribution < -0.4 is 4.74 Å². The molecule has 0 aliphatic rings. The number of para-hydroxylation sites is 2. The molecule has 0 saturated heterocycles. The molecule has 0 amide bonds. The molecule has 0 bridgehead atoms. The third-order valence-corrected chi connectivity index (χ3v) is 1.99. The number of hydrogen-bond acceptors (Lipinski definition) is 3. The van der Waals surface area contributed by atoms with Gasteiger partial charge in [0.15, 0.2) is 11.5 Å². The molecule has 16 heavy (non-hydrogen) atoms. The van der Waals surface area contributed by atoms with Gasteiger partial charge in [-0.15, -0.1) is 0 Å². The summed E-state index contributed by atoms with van der Waals surface area (Å²) >= 11 is 0. The molecule has 0 aromatic heterocycles. The second-order valence-electron chi connectivity index (χ2n) is 3.28. The molecule has 4 nitrogen and oxygen atoms in total. The second kappa shape index (κ2) is 5.80. The van der Waals surface area contributed by atoms with Crippen molar-refractivity contribution in [2.75, 3.05) is 0 Å². The molecule has 0 fully saturated rings. The predicted octanol–water partition coefficient (Wildman–Crippen LogP) is 2.54. The van der Waals surface area contributed by atoms with Crippen LogP contribution in [0.25, 0.3) is 0 Å². The van der Waals surface area contributed by atoms with E-state index in [4.69, 9.17) is 9.84 Å².